The summed E-state index contributed by atoms with van der Waals surface area (Å²) in [6.45, 7) is 3.76. The maximum Gasteiger partial charge on any atom is 0.242 e. The number of nitrogens with zero attached hydrogens (tertiary/aromatic N) is 2. The second kappa shape index (κ2) is 11.7. The fourth-order valence-corrected chi connectivity index (χ4v) is 4.85. The molecule has 0 heterocycles. The second-order valence-electron chi connectivity index (χ2n) is 7.81. The minimum Gasteiger partial charge on any atom is -0.357 e. The molecule has 0 bridgehead atoms. The van der Waals surface area contributed by atoms with Gasteiger partial charge in [-0.25, -0.2) is 8.42 Å². The number of anilines is 1. The molecule has 0 saturated carbocycles. The van der Waals surface area contributed by atoms with Crippen LogP contribution in [-0.2, 0) is 26.2 Å². The van der Waals surface area contributed by atoms with Crippen molar-refractivity contribution in [3.63, 3.8) is 0 Å². The topological polar surface area (TPSA) is 86.8 Å². The van der Waals surface area contributed by atoms with E-state index in [4.69, 9.17) is 23.2 Å². The van der Waals surface area contributed by atoms with Crippen LogP contribution in [0.25, 0.3) is 0 Å². The largest absolute Gasteiger partial charge is 0.357 e. The van der Waals surface area contributed by atoms with Crippen molar-refractivity contribution in [1.29, 1.82) is 0 Å². The zero-order valence-electron chi connectivity index (χ0n) is 19.1. The standard InChI is InChI=1S/C23H29Cl2N3O4S/c1-16-10-11-20(25)14-21(16)28(33(4,31)32)12-6-9-22(29)27(17(2)23(30)26-3)15-18-7-5-8-19(24)13-18/h5,7-8,10-11,13-14,17H,6,9,12,15H2,1-4H3,(H,26,30). The van der Waals surface area contributed by atoms with Gasteiger partial charge >= 0.3 is 0 Å². The van der Waals surface area contributed by atoms with Gasteiger partial charge in [-0.1, -0.05) is 41.4 Å². The average Bonchev–Trinajstić information content (AvgIpc) is 2.75. The van der Waals surface area contributed by atoms with Gasteiger partial charge in [0.05, 0.1) is 11.9 Å². The number of carbonyl (C=O) groups excluding carboxylic acids is 2. The summed E-state index contributed by atoms with van der Waals surface area (Å²) in [5.74, 6) is -0.556. The van der Waals surface area contributed by atoms with Crippen molar-refractivity contribution in [2.24, 2.45) is 0 Å². The van der Waals surface area contributed by atoms with Crippen molar-refractivity contribution in [2.45, 2.75) is 39.3 Å². The van der Waals surface area contributed by atoms with Gasteiger partial charge in [-0.3, -0.25) is 13.9 Å². The van der Waals surface area contributed by atoms with E-state index in [2.05, 4.69) is 5.32 Å². The molecule has 0 aliphatic rings. The first-order chi connectivity index (χ1) is 15.4. The van der Waals surface area contributed by atoms with E-state index < -0.39 is 16.1 Å². The fraction of sp³-hybridized carbons (Fsp3) is 0.391. The summed E-state index contributed by atoms with van der Waals surface area (Å²) in [7, 11) is -2.08. The minimum absolute atomic E-state index is 0.0630. The number of aryl methyl sites for hydroxylation is 1. The number of benzene rings is 2. The zero-order chi connectivity index (χ0) is 24.8. The number of carbonyl (C=O) groups is 2. The number of likely N-dealkylation sites (N-methyl/N-ethyl adjacent to an activating group) is 1. The van der Waals surface area contributed by atoms with E-state index in [0.717, 1.165) is 17.4 Å². The minimum atomic E-state index is -3.59. The highest BCUT2D eigenvalue weighted by Crippen LogP contribution is 2.27. The van der Waals surface area contributed by atoms with Crippen LogP contribution in [0.3, 0.4) is 0 Å². The molecule has 1 atom stereocenters. The Hall–Kier alpha value is -2.29. The average molecular weight is 514 g/mol. The third-order valence-corrected chi connectivity index (χ3v) is 6.90. The molecule has 10 heteroatoms. The maximum atomic E-state index is 13.1. The summed E-state index contributed by atoms with van der Waals surface area (Å²) >= 11 is 12.1. The smallest absolute Gasteiger partial charge is 0.242 e. The van der Waals surface area contributed by atoms with Crippen LogP contribution in [0.15, 0.2) is 42.5 Å². The van der Waals surface area contributed by atoms with E-state index in [0.29, 0.717) is 15.7 Å². The summed E-state index contributed by atoms with van der Waals surface area (Å²) in [5.41, 5.74) is 2.03. The van der Waals surface area contributed by atoms with Crippen LogP contribution in [0.4, 0.5) is 5.69 Å². The summed E-state index contributed by atoms with van der Waals surface area (Å²) < 4.78 is 26.1. The second-order valence-corrected chi connectivity index (χ2v) is 10.6. The molecule has 1 N–H and O–H groups in total. The van der Waals surface area contributed by atoms with Gasteiger partial charge in [-0.2, -0.15) is 0 Å². The molecule has 0 aliphatic heterocycles. The molecule has 0 fully saturated rings. The maximum absolute atomic E-state index is 13.1. The Kier molecular flexibility index (Phi) is 9.57. The Morgan fingerprint density at radius 1 is 1.09 bits per heavy atom. The summed E-state index contributed by atoms with van der Waals surface area (Å²) in [6, 6.07) is 11.4. The molecule has 180 valence electrons. The molecule has 2 rings (SSSR count). The highest BCUT2D eigenvalue weighted by molar-refractivity contribution is 7.92. The number of rotatable bonds is 10. The molecular weight excluding hydrogens is 485 g/mol. The molecule has 0 radical (unpaired) electrons. The third-order valence-electron chi connectivity index (χ3n) is 5.25. The van der Waals surface area contributed by atoms with Gasteiger partial charge in [0.25, 0.3) is 0 Å². The van der Waals surface area contributed by atoms with Crippen molar-refractivity contribution in [2.75, 3.05) is 24.2 Å². The van der Waals surface area contributed by atoms with Crippen LogP contribution in [0, 0.1) is 6.92 Å². The van der Waals surface area contributed by atoms with Gasteiger partial charge in [0.1, 0.15) is 6.04 Å². The summed E-state index contributed by atoms with van der Waals surface area (Å²) in [4.78, 5) is 26.8. The molecule has 33 heavy (non-hydrogen) atoms. The van der Waals surface area contributed by atoms with E-state index in [1.807, 2.05) is 6.07 Å². The van der Waals surface area contributed by atoms with Gasteiger partial charge in [-0.05, 0) is 55.7 Å². The van der Waals surface area contributed by atoms with E-state index in [9.17, 15) is 18.0 Å². The van der Waals surface area contributed by atoms with Crippen LogP contribution in [-0.4, -0.2) is 51.0 Å². The number of hydrogen-bond donors (Lipinski definition) is 1. The van der Waals surface area contributed by atoms with Gasteiger partial charge < -0.3 is 10.2 Å². The molecule has 2 aromatic carbocycles. The Balaban J connectivity index is 2.18. The fourth-order valence-electron chi connectivity index (χ4n) is 3.46. The van der Waals surface area contributed by atoms with Crippen molar-refractivity contribution >= 4 is 50.7 Å². The predicted molar refractivity (Wildman–Crippen MR) is 133 cm³/mol. The predicted octanol–water partition coefficient (Wildman–Crippen LogP) is 4.01. The van der Waals surface area contributed by atoms with Crippen LogP contribution >= 0.6 is 23.2 Å². The van der Waals surface area contributed by atoms with Crippen LogP contribution in [0.1, 0.15) is 30.9 Å². The molecule has 0 spiro atoms. The van der Waals surface area contributed by atoms with Gasteiger partial charge in [-0.15, -0.1) is 0 Å². The number of halogens is 2. The summed E-state index contributed by atoms with van der Waals surface area (Å²) in [5, 5.41) is 3.52. The quantitative estimate of drug-likeness (QED) is 0.519. The summed E-state index contributed by atoms with van der Waals surface area (Å²) in [6.07, 6.45) is 1.45. The number of nitrogens with one attached hydrogen (secondary N) is 1. The lowest BCUT2D eigenvalue weighted by Crippen LogP contribution is -2.46. The molecule has 0 aromatic heterocycles. The molecule has 2 amide bonds. The highest BCUT2D eigenvalue weighted by Gasteiger charge is 2.26. The Morgan fingerprint density at radius 2 is 1.76 bits per heavy atom. The molecule has 7 nitrogen and oxygen atoms in total. The Labute approximate surface area is 205 Å². The van der Waals surface area contributed by atoms with Crippen molar-refractivity contribution in [1.82, 2.24) is 10.2 Å². The van der Waals surface area contributed by atoms with E-state index in [1.165, 1.54) is 16.3 Å². The Bertz CT molecular complexity index is 1110. The number of hydrogen-bond acceptors (Lipinski definition) is 4. The van der Waals surface area contributed by atoms with E-state index in [-0.39, 0.29) is 37.7 Å². The molecule has 0 aliphatic carbocycles. The first-order valence-corrected chi connectivity index (χ1v) is 13.0. The first-order valence-electron chi connectivity index (χ1n) is 10.4. The van der Waals surface area contributed by atoms with Gasteiger partial charge in [0, 0.05) is 36.6 Å². The number of amides is 2. The monoisotopic (exact) mass is 513 g/mol. The van der Waals surface area contributed by atoms with Crippen molar-refractivity contribution < 1.29 is 18.0 Å². The molecular formula is C23H29Cl2N3O4S. The highest BCUT2D eigenvalue weighted by atomic mass is 35.5. The van der Waals surface area contributed by atoms with E-state index >= 15 is 0 Å². The zero-order valence-corrected chi connectivity index (χ0v) is 21.5. The molecule has 0 saturated heterocycles. The molecule has 2 aromatic rings. The van der Waals surface area contributed by atoms with E-state index in [1.54, 1.807) is 50.2 Å². The lowest BCUT2D eigenvalue weighted by Gasteiger charge is -2.29. The van der Waals surface area contributed by atoms with Crippen molar-refractivity contribution in [3.8, 4) is 0 Å². The normalized spacial score (nSPS) is 12.2. The van der Waals surface area contributed by atoms with Crippen LogP contribution in [0.5, 0.6) is 0 Å². The lowest BCUT2D eigenvalue weighted by molar-refractivity contribution is -0.140. The third kappa shape index (κ3) is 7.62. The molecule has 1 unspecified atom stereocenters. The van der Waals surface area contributed by atoms with Crippen LogP contribution < -0.4 is 9.62 Å². The number of sulfonamides is 1. The van der Waals surface area contributed by atoms with Gasteiger partial charge in [0.15, 0.2) is 0 Å². The first kappa shape index (κ1) is 27.0. The SMILES string of the molecule is CNC(=O)C(C)N(Cc1cccc(Cl)c1)C(=O)CCCN(c1cc(Cl)ccc1C)S(C)(=O)=O. The van der Waals surface area contributed by atoms with Crippen molar-refractivity contribution in [3.05, 3.63) is 63.6 Å². The van der Waals surface area contributed by atoms with Gasteiger partial charge in [0.2, 0.25) is 21.8 Å². The lowest BCUT2D eigenvalue weighted by atomic mass is 10.1. The van der Waals surface area contributed by atoms with Crippen LogP contribution in [0.2, 0.25) is 10.0 Å². The Morgan fingerprint density at radius 3 is 2.36 bits per heavy atom.